The summed E-state index contributed by atoms with van der Waals surface area (Å²) in [5.41, 5.74) is 1.44. The summed E-state index contributed by atoms with van der Waals surface area (Å²) in [6.07, 6.45) is 6.80. The van der Waals surface area contributed by atoms with Crippen LogP contribution < -0.4 is 15.9 Å². The van der Waals surface area contributed by atoms with Crippen molar-refractivity contribution in [3.05, 3.63) is 46.9 Å². The number of amides is 1. The molecule has 1 amide bonds. The standard InChI is InChI=1S/C19H22N6O2/c1-19(2)5-7-24(8-6-19)16-11-22-18(27)25(12-16)13-17(26)23-15-4-3-14(9-20)21-10-15/h3-4,10-12H,5-8,13H2,1-2H3,(H,23,26). The molecule has 3 rings (SSSR count). The molecule has 0 aliphatic carbocycles. The Morgan fingerprint density at radius 3 is 2.63 bits per heavy atom. The molecule has 1 fully saturated rings. The lowest BCUT2D eigenvalue weighted by atomic mass is 9.82. The molecule has 2 aromatic heterocycles. The lowest BCUT2D eigenvalue weighted by Crippen LogP contribution is -2.38. The van der Waals surface area contributed by atoms with Crippen molar-refractivity contribution in [2.24, 2.45) is 5.41 Å². The van der Waals surface area contributed by atoms with Crippen LogP contribution in [0.4, 0.5) is 11.4 Å². The Kier molecular flexibility index (Phi) is 5.21. The fourth-order valence-corrected chi connectivity index (χ4v) is 2.98. The first-order valence-corrected chi connectivity index (χ1v) is 8.84. The molecule has 0 radical (unpaired) electrons. The van der Waals surface area contributed by atoms with E-state index >= 15 is 0 Å². The molecule has 1 N–H and O–H groups in total. The third-order valence-electron chi connectivity index (χ3n) is 4.80. The Bertz CT molecular complexity index is 916. The van der Waals surface area contributed by atoms with Crippen LogP contribution in [0.1, 0.15) is 32.4 Å². The summed E-state index contributed by atoms with van der Waals surface area (Å²) in [5.74, 6) is -0.359. The number of carbonyl (C=O) groups excluding carboxylic acids is 1. The smallest absolute Gasteiger partial charge is 0.348 e. The zero-order chi connectivity index (χ0) is 19.4. The molecule has 27 heavy (non-hydrogen) atoms. The van der Waals surface area contributed by atoms with Crippen molar-refractivity contribution in [1.29, 1.82) is 5.26 Å². The minimum absolute atomic E-state index is 0.140. The van der Waals surface area contributed by atoms with Crippen molar-refractivity contribution < 1.29 is 4.79 Å². The molecule has 0 aromatic carbocycles. The zero-order valence-electron chi connectivity index (χ0n) is 15.5. The Balaban J connectivity index is 1.68. The predicted molar refractivity (Wildman–Crippen MR) is 101 cm³/mol. The van der Waals surface area contributed by atoms with Gasteiger partial charge in [-0.25, -0.2) is 9.78 Å². The van der Waals surface area contributed by atoms with E-state index in [9.17, 15) is 9.59 Å². The molecule has 8 nitrogen and oxygen atoms in total. The minimum atomic E-state index is -0.468. The van der Waals surface area contributed by atoms with Gasteiger partial charge in [-0.3, -0.25) is 9.36 Å². The minimum Gasteiger partial charge on any atom is -0.369 e. The fourth-order valence-electron chi connectivity index (χ4n) is 2.98. The van der Waals surface area contributed by atoms with E-state index in [0.717, 1.165) is 31.6 Å². The molecular weight excluding hydrogens is 344 g/mol. The van der Waals surface area contributed by atoms with Crippen LogP contribution in [0, 0.1) is 16.7 Å². The van der Waals surface area contributed by atoms with Gasteiger partial charge in [-0.2, -0.15) is 10.2 Å². The third kappa shape index (κ3) is 4.70. The number of nitrogens with one attached hydrogen (secondary N) is 1. The van der Waals surface area contributed by atoms with Gasteiger partial charge in [0.1, 0.15) is 18.3 Å². The maximum absolute atomic E-state index is 12.3. The lowest BCUT2D eigenvalue weighted by molar-refractivity contribution is -0.116. The van der Waals surface area contributed by atoms with Gasteiger partial charge in [0.05, 0.1) is 23.8 Å². The Hall–Kier alpha value is -3.21. The lowest BCUT2D eigenvalue weighted by Gasteiger charge is -2.38. The summed E-state index contributed by atoms with van der Waals surface area (Å²) in [5, 5.41) is 11.4. The van der Waals surface area contributed by atoms with E-state index in [1.165, 1.54) is 16.8 Å². The molecule has 140 valence electrons. The third-order valence-corrected chi connectivity index (χ3v) is 4.80. The van der Waals surface area contributed by atoms with Gasteiger partial charge in [-0.15, -0.1) is 0 Å². The first-order chi connectivity index (χ1) is 12.9. The molecule has 1 aliphatic rings. The molecule has 0 atom stereocenters. The van der Waals surface area contributed by atoms with Gasteiger partial charge >= 0.3 is 5.69 Å². The highest BCUT2D eigenvalue weighted by Gasteiger charge is 2.25. The maximum atomic E-state index is 12.3. The summed E-state index contributed by atoms with van der Waals surface area (Å²) >= 11 is 0. The quantitative estimate of drug-likeness (QED) is 0.884. The molecule has 3 heterocycles. The summed E-state index contributed by atoms with van der Waals surface area (Å²) in [4.78, 5) is 34.3. The van der Waals surface area contributed by atoms with Gasteiger partial charge in [-0.1, -0.05) is 13.8 Å². The van der Waals surface area contributed by atoms with E-state index < -0.39 is 5.69 Å². The summed E-state index contributed by atoms with van der Waals surface area (Å²) < 4.78 is 1.31. The molecule has 8 heteroatoms. The number of hydrogen-bond acceptors (Lipinski definition) is 6. The average molecular weight is 366 g/mol. The van der Waals surface area contributed by atoms with E-state index in [-0.39, 0.29) is 18.1 Å². The van der Waals surface area contributed by atoms with Gasteiger partial charge < -0.3 is 10.2 Å². The first kappa shape index (κ1) is 18.6. The van der Waals surface area contributed by atoms with Crippen LogP contribution in [0.2, 0.25) is 0 Å². The molecular formula is C19H22N6O2. The van der Waals surface area contributed by atoms with Crippen LogP contribution in [0.3, 0.4) is 0 Å². The maximum Gasteiger partial charge on any atom is 0.348 e. The molecule has 1 saturated heterocycles. The number of aromatic nitrogens is 3. The zero-order valence-corrected chi connectivity index (χ0v) is 15.5. The van der Waals surface area contributed by atoms with E-state index in [0.29, 0.717) is 11.1 Å². The number of carbonyl (C=O) groups is 1. The van der Waals surface area contributed by atoms with Crippen molar-refractivity contribution >= 4 is 17.3 Å². The SMILES string of the molecule is CC1(C)CCN(c2cnc(=O)n(CC(=O)Nc3ccc(C#N)nc3)c2)CC1. The van der Waals surface area contributed by atoms with Gasteiger partial charge in [0.15, 0.2) is 0 Å². The summed E-state index contributed by atoms with van der Waals surface area (Å²) in [7, 11) is 0. The summed E-state index contributed by atoms with van der Waals surface area (Å²) in [6.45, 7) is 6.17. The summed E-state index contributed by atoms with van der Waals surface area (Å²) in [6, 6.07) is 5.02. The number of pyridine rings is 1. The molecule has 0 unspecified atom stereocenters. The second-order valence-corrected chi connectivity index (χ2v) is 7.47. The van der Waals surface area contributed by atoms with E-state index in [2.05, 4.69) is 34.0 Å². The van der Waals surface area contributed by atoms with Crippen LogP contribution in [0.15, 0.2) is 35.5 Å². The average Bonchev–Trinajstić information content (AvgIpc) is 2.64. The molecule has 1 aliphatic heterocycles. The molecule has 0 bridgehead atoms. The van der Waals surface area contributed by atoms with E-state index in [1.54, 1.807) is 18.5 Å². The van der Waals surface area contributed by atoms with Crippen LogP contribution >= 0.6 is 0 Å². The number of anilines is 2. The van der Waals surface area contributed by atoms with E-state index in [4.69, 9.17) is 5.26 Å². The van der Waals surface area contributed by atoms with Gasteiger partial charge in [0.2, 0.25) is 5.91 Å². The largest absolute Gasteiger partial charge is 0.369 e. The number of nitrogens with zero attached hydrogens (tertiary/aromatic N) is 5. The highest BCUT2D eigenvalue weighted by atomic mass is 16.2. The monoisotopic (exact) mass is 366 g/mol. The van der Waals surface area contributed by atoms with Crippen molar-refractivity contribution in [3.8, 4) is 6.07 Å². The fraction of sp³-hybridized carbons (Fsp3) is 0.421. The molecule has 0 spiro atoms. The van der Waals surface area contributed by atoms with Gasteiger partial charge in [0, 0.05) is 19.3 Å². The van der Waals surface area contributed by atoms with Crippen molar-refractivity contribution in [1.82, 2.24) is 14.5 Å². The van der Waals surface area contributed by atoms with Crippen molar-refractivity contribution in [2.75, 3.05) is 23.3 Å². The van der Waals surface area contributed by atoms with Crippen LogP contribution in [0.5, 0.6) is 0 Å². The second kappa shape index (κ2) is 7.58. The van der Waals surface area contributed by atoms with Crippen LogP contribution in [-0.2, 0) is 11.3 Å². The van der Waals surface area contributed by atoms with Gasteiger partial charge in [-0.05, 0) is 30.4 Å². The predicted octanol–water partition coefficient (Wildman–Crippen LogP) is 1.78. The second-order valence-electron chi connectivity index (χ2n) is 7.47. The van der Waals surface area contributed by atoms with Gasteiger partial charge in [0.25, 0.3) is 0 Å². The van der Waals surface area contributed by atoms with Crippen molar-refractivity contribution in [3.63, 3.8) is 0 Å². The van der Waals surface area contributed by atoms with Crippen LogP contribution in [0.25, 0.3) is 0 Å². The van der Waals surface area contributed by atoms with Crippen molar-refractivity contribution in [2.45, 2.75) is 33.2 Å². The number of hydrogen-bond donors (Lipinski definition) is 1. The molecule has 2 aromatic rings. The normalized spacial score (nSPS) is 15.8. The Labute approximate surface area is 157 Å². The van der Waals surface area contributed by atoms with Crippen LogP contribution in [-0.4, -0.2) is 33.5 Å². The number of rotatable bonds is 4. The highest BCUT2D eigenvalue weighted by Crippen LogP contribution is 2.31. The Morgan fingerprint density at radius 2 is 2.00 bits per heavy atom. The Morgan fingerprint density at radius 1 is 1.26 bits per heavy atom. The number of nitriles is 1. The van der Waals surface area contributed by atoms with E-state index in [1.807, 2.05) is 6.07 Å². The molecule has 0 saturated carbocycles. The topological polar surface area (TPSA) is 104 Å². The first-order valence-electron chi connectivity index (χ1n) is 8.84. The highest BCUT2D eigenvalue weighted by molar-refractivity contribution is 5.90. The number of piperidine rings is 1.